The molecule has 27 heavy (non-hydrogen) atoms. The first kappa shape index (κ1) is 22.1. The van der Waals surface area contributed by atoms with Crippen molar-refractivity contribution in [2.24, 2.45) is 0 Å². The zero-order valence-corrected chi connectivity index (χ0v) is 17.5. The van der Waals surface area contributed by atoms with Crippen LogP contribution in [-0.2, 0) is 6.18 Å². The summed E-state index contributed by atoms with van der Waals surface area (Å²) in [6.45, 7) is 0.908. The number of anilines is 1. The van der Waals surface area contributed by atoms with Gasteiger partial charge < -0.3 is 14.4 Å². The molecule has 0 radical (unpaired) electrons. The van der Waals surface area contributed by atoms with Gasteiger partial charge in [-0.15, -0.1) is 11.8 Å². The van der Waals surface area contributed by atoms with Crippen LogP contribution in [0.25, 0.3) is 0 Å². The summed E-state index contributed by atoms with van der Waals surface area (Å²) in [7, 11) is 5.57. The van der Waals surface area contributed by atoms with Crippen molar-refractivity contribution >= 4 is 41.0 Å². The first-order chi connectivity index (χ1) is 12.7. The highest BCUT2D eigenvalue weighted by molar-refractivity contribution is 8.03. The van der Waals surface area contributed by atoms with Crippen LogP contribution in [0.15, 0.2) is 46.2 Å². The van der Waals surface area contributed by atoms with E-state index >= 15 is 0 Å². The molecule has 0 saturated heterocycles. The van der Waals surface area contributed by atoms with Gasteiger partial charge in [-0.3, -0.25) is 0 Å². The monoisotopic (exact) mass is 436 g/mol. The van der Waals surface area contributed by atoms with Crippen LogP contribution in [-0.4, -0.2) is 38.4 Å². The number of thioether (sulfide) groups is 1. The van der Waals surface area contributed by atoms with Crippen molar-refractivity contribution in [3.05, 3.63) is 47.0 Å². The van der Waals surface area contributed by atoms with E-state index in [2.05, 4.69) is 9.62 Å². The molecule has 0 unspecified atom stereocenters. The molecule has 148 valence electrons. The maximum Gasteiger partial charge on any atom is 0.417 e. The van der Waals surface area contributed by atoms with Crippen molar-refractivity contribution in [2.75, 3.05) is 38.2 Å². The van der Waals surface area contributed by atoms with E-state index in [1.165, 1.54) is 24.1 Å². The summed E-state index contributed by atoms with van der Waals surface area (Å²) in [4.78, 5) is 3.91. The lowest BCUT2D eigenvalue weighted by atomic mass is 10.2. The Morgan fingerprint density at radius 1 is 1.19 bits per heavy atom. The summed E-state index contributed by atoms with van der Waals surface area (Å²) in [6, 6.07) is 9.44. The molecule has 1 N–H and O–H groups in total. The van der Waals surface area contributed by atoms with Crippen LogP contribution >= 0.6 is 35.3 Å². The Bertz CT molecular complexity index is 773. The molecule has 0 spiro atoms. The summed E-state index contributed by atoms with van der Waals surface area (Å²) < 4.78 is 47.5. The minimum Gasteiger partial charge on any atom is -0.495 e. The zero-order chi connectivity index (χ0) is 20.0. The standard InChI is InChI=1S/C18H20ClF3N2OS2/c1-24(2)9-10-26-16-6-4-5-15(25-3)17(16)27-23-12-7-8-14(19)13(11-12)18(20,21)22/h4-8,11,23H,9-10H2,1-3H3. The lowest BCUT2D eigenvalue weighted by molar-refractivity contribution is -0.137. The smallest absolute Gasteiger partial charge is 0.417 e. The van der Waals surface area contributed by atoms with Crippen molar-refractivity contribution < 1.29 is 17.9 Å². The maximum absolute atomic E-state index is 13.0. The largest absolute Gasteiger partial charge is 0.495 e. The Morgan fingerprint density at radius 3 is 2.56 bits per heavy atom. The topological polar surface area (TPSA) is 24.5 Å². The number of hydrogen-bond acceptors (Lipinski definition) is 5. The SMILES string of the molecule is COc1cccc(SCCN(C)C)c1SNc1ccc(Cl)c(C(F)(F)F)c1. The van der Waals surface area contributed by atoms with Crippen LogP contribution in [0.4, 0.5) is 18.9 Å². The summed E-state index contributed by atoms with van der Waals surface area (Å²) >= 11 is 8.55. The average Bonchev–Trinajstić information content (AvgIpc) is 2.60. The van der Waals surface area contributed by atoms with Crippen molar-refractivity contribution in [1.29, 1.82) is 0 Å². The predicted molar refractivity (Wildman–Crippen MR) is 108 cm³/mol. The molecule has 9 heteroatoms. The van der Waals surface area contributed by atoms with E-state index in [-0.39, 0.29) is 5.02 Å². The molecule has 0 aliphatic rings. The summed E-state index contributed by atoms with van der Waals surface area (Å²) in [5, 5.41) is -0.324. The van der Waals surface area contributed by atoms with Crippen LogP contribution in [0.5, 0.6) is 5.75 Å². The van der Waals surface area contributed by atoms with Gasteiger partial charge in [0.2, 0.25) is 0 Å². The Kier molecular flexibility index (Phi) is 8.03. The second-order valence-electron chi connectivity index (χ2n) is 5.84. The van der Waals surface area contributed by atoms with E-state index in [4.69, 9.17) is 16.3 Å². The summed E-state index contributed by atoms with van der Waals surface area (Å²) in [5.74, 6) is 1.54. The predicted octanol–water partition coefficient (Wildman–Crippen LogP) is 6.14. The number of alkyl halides is 3. The summed E-state index contributed by atoms with van der Waals surface area (Å²) in [6.07, 6.45) is -4.50. The molecule has 0 heterocycles. The van der Waals surface area contributed by atoms with Gasteiger partial charge in [-0.2, -0.15) is 13.2 Å². The highest BCUT2D eigenvalue weighted by Crippen LogP contribution is 2.40. The van der Waals surface area contributed by atoms with Crippen molar-refractivity contribution in [2.45, 2.75) is 16.0 Å². The van der Waals surface area contributed by atoms with Crippen LogP contribution in [0.1, 0.15) is 5.56 Å². The number of hydrogen-bond donors (Lipinski definition) is 1. The maximum atomic E-state index is 13.0. The van der Waals surface area contributed by atoms with Gasteiger partial charge in [0, 0.05) is 22.9 Å². The first-order valence-electron chi connectivity index (χ1n) is 7.96. The molecule has 3 nitrogen and oxygen atoms in total. The molecule has 0 aromatic heterocycles. The van der Waals surface area contributed by atoms with E-state index in [9.17, 15) is 13.2 Å². The number of nitrogens with zero attached hydrogens (tertiary/aromatic N) is 1. The molecule has 2 rings (SSSR count). The van der Waals surface area contributed by atoms with Gasteiger partial charge in [0.05, 0.1) is 22.6 Å². The normalized spacial score (nSPS) is 11.7. The Balaban J connectivity index is 2.19. The lowest BCUT2D eigenvalue weighted by Gasteiger charge is -2.16. The van der Waals surface area contributed by atoms with Gasteiger partial charge in [-0.1, -0.05) is 17.7 Å². The van der Waals surface area contributed by atoms with Gasteiger partial charge in [0.1, 0.15) is 5.75 Å². The Morgan fingerprint density at radius 2 is 1.93 bits per heavy atom. The second-order valence-corrected chi connectivity index (χ2v) is 8.20. The average molecular weight is 437 g/mol. The van der Waals surface area contributed by atoms with Crippen molar-refractivity contribution in [3.8, 4) is 5.75 Å². The third kappa shape index (κ3) is 6.41. The molecule has 0 aliphatic carbocycles. The highest BCUT2D eigenvalue weighted by atomic mass is 35.5. The van der Waals surface area contributed by atoms with Gasteiger partial charge in [0.25, 0.3) is 0 Å². The van der Waals surface area contributed by atoms with E-state index in [0.717, 1.165) is 28.2 Å². The fourth-order valence-corrected chi connectivity index (χ4v) is 4.50. The molecule has 2 aromatic carbocycles. The van der Waals surface area contributed by atoms with Crippen LogP contribution in [0.3, 0.4) is 0 Å². The number of nitrogens with one attached hydrogen (secondary N) is 1. The van der Waals surface area contributed by atoms with Gasteiger partial charge in [0.15, 0.2) is 0 Å². The van der Waals surface area contributed by atoms with Crippen molar-refractivity contribution in [3.63, 3.8) is 0 Å². The van der Waals surface area contributed by atoms with Crippen LogP contribution in [0.2, 0.25) is 5.02 Å². The third-order valence-corrected chi connectivity index (χ3v) is 5.96. The van der Waals surface area contributed by atoms with E-state index in [1.807, 2.05) is 32.3 Å². The Labute approximate surface area is 170 Å². The number of ether oxygens (including phenoxy) is 1. The lowest BCUT2D eigenvalue weighted by Crippen LogP contribution is -2.14. The third-order valence-electron chi connectivity index (χ3n) is 3.50. The second kappa shape index (κ2) is 9.82. The number of halogens is 4. The minimum atomic E-state index is -4.50. The molecular formula is C18H20ClF3N2OS2. The van der Waals surface area contributed by atoms with Crippen molar-refractivity contribution in [1.82, 2.24) is 4.90 Å². The van der Waals surface area contributed by atoms with Gasteiger partial charge in [-0.05, 0) is 56.4 Å². The summed E-state index contributed by atoms with van der Waals surface area (Å²) in [5.41, 5.74) is -0.553. The van der Waals surface area contributed by atoms with Crippen LogP contribution < -0.4 is 9.46 Å². The number of benzene rings is 2. The van der Waals surface area contributed by atoms with E-state index in [0.29, 0.717) is 11.4 Å². The molecule has 0 saturated carbocycles. The van der Waals surface area contributed by atoms with Crippen LogP contribution in [0, 0.1) is 0 Å². The Hall–Kier alpha value is -1.22. The molecule has 0 amide bonds. The minimum absolute atomic E-state index is 0.312. The molecule has 0 fully saturated rings. The molecule has 0 aliphatic heterocycles. The number of rotatable bonds is 8. The highest BCUT2D eigenvalue weighted by Gasteiger charge is 2.33. The molecule has 0 bridgehead atoms. The molecule has 0 atom stereocenters. The van der Waals surface area contributed by atoms with E-state index < -0.39 is 11.7 Å². The zero-order valence-electron chi connectivity index (χ0n) is 15.1. The fraction of sp³-hybridized carbons (Fsp3) is 0.333. The molecule has 2 aromatic rings. The quantitative estimate of drug-likeness (QED) is 0.395. The van der Waals surface area contributed by atoms with Gasteiger partial charge in [-0.25, -0.2) is 0 Å². The first-order valence-corrected chi connectivity index (χ1v) is 10.1. The van der Waals surface area contributed by atoms with E-state index in [1.54, 1.807) is 18.9 Å². The number of methoxy groups -OCH3 is 1. The fourth-order valence-electron chi connectivity index (χ4n) is 2.12. The van der Waals surface area contributed by atoms with Gasteiger partial charge >= 0.3 is 6.18 Å². The molecular weight excluding hydrogens is 417 g/mol.